The van der Waals surface area contributed by atoms with Crippen LogP contribution in [0.1, 0.15) is 37.2 Å². The number of nitrogens with one attached hydrogen (secondary N) is 1. The maximum Gasteiger partial charge on any atom is 0.318 e. The predicted octanol–water partition coefficient (Wildman–Crippen LogP) is 2.01. The summed E-state index contributed by atoms with van der Waals surface area (Å²) < 4.78 is 10.1. The number of rotatable bonds is 3. The van der Waals surface area contributed by atoms with E-state index >= 15 is 0 Å². The molecule has 2 aliphatic rings. The molecule has 1 N–H and O–H groups in total. The fraction of sp³-hybridized carbons (Fsp3) is 0.529. The summed E-state index contributed by atoms with van der Waals surface area (Å²) in [6, 6.07) is 7.63. The van der Waals surface area contributed by atoms with E-state index in [1.54, 1.807) is 7.11 Å². The first-order valence-corrected chi connectivity index (χ1v) is 7.65. The lowest BCUT2D eigenvalue weighted by atomic mass is 9.74. The Kier molecular flexibility index (Phi) is 3.81. The number of hydrogen-bond acceptors (Lipinski definition) is 4. The molecule has 2 unspecified atom stereocenters. The molecule has 1 aliphatic heterocycles. The first kappa shape index (κ1) is 14.9. The van der Waals surface area contributed by atoms with Gasteiger partial charge in [-0.15, -0.1) is 0 Å². The molecule has 1 aromatic carbocycles. The van der Waals surface area contributed by atoms with Crippen LogP contribution in [0.15, 0.2) is 24.3 Å². The van der Waals surface area contributed by atoms with Gasteiger partial charge in [-0.1, -0.05) is 25.0 Å². The first-order valence-electron chi connectivity index (χ1n) is 7.65. The molecule has 1 aliphatic carbocycles. The lowest BCUT2D eigenvalue weighted by Gasteiger charge is -2.32. The lowest BCUT2D eigenvalue weighted by molar-refractivity contribution is -0.149. The van der Waals surface area contributed by atoms with Crippen molar-refractivity contribution in [3.63, 3.8) is 0 Å². The lowest BCUT2D eigenvalue weighted by Crippen LogP contribution is -2.42. The van der Waals surface area contributed by atoms with Crippen molar-refractivity contribution in [2.75, 3.05) is 14.2 Å². The number of ether oxygens (including phenoxy) is 2. The highest BCUT2D eigenvalue weighted by Crippen LogP contribution is 2.49. The number of benzene rings is 1. The molecule has 22 heavy (non-hydrogen) atoms. The Balaban J connectivity index is 2.03. The van der Waals surface area contributed by atoms with Crippen LogP contribution in [0.3, 0.4) is 0 Å². The smallest absolute Gasteiger partial charge is 0.318 e. The van der Waals surface area contributed by atoms with Gasteiger partial charge in [0.1, 0.15) is 11.7 Å². The quantitative estimate of drug-likeness (QED) is 0.685. The minimum Gasteiger partial charge on any atom is -0.497 e. The van der Waals surface area contributed by atoms with Gasteiger partial charge in [-0.2, -0.15) is 0 Å². The van der Waals surface area contributed by atoms with Crippen molar-refractivity contribution < 1.29 is 19.1 Å². The Labute approximate surface area is 130 Å². The van der Waals surface area contributed by atoms with Gasteiger partial charge >= 0.3 is 5.97 Å². The molecule has 2 fully saturated rings. The van der Waals surface area contributed by atoms with Crippen LogP contribution in [0.25, 0.3) is 0 Å². The van der Waals surface area contributed by atoms with Crippen molar-refractivity contribution in [2.24, 2.45) is 5.92 Å². The Morgan fingerprint density at radius 2 is 1.82 bits per heavy atom. The molecule has 1 saturated carbocycles. The van der Waals surface area contributed by atoms with E-state index in [9.17, 15) is 9.59 Å². The number of esters is 1. The summed E-state index contributed by atoms with van der Waals surface area (Å²) in [4.78, 5) is 24.6. The minimum absolute atomic E-state index is 0.180. The third-order valence-corrected chi connectivity index (χ3v) is 5.01. The number of amides is 1. The summed E-state index contributed by atoms with van der Waals surface area (Å²) in [5.41, 5.74) is 0.668. The van der Waals surface area contributed by atoms with Gasteiger partial charge in [-0.3, -0.25) is 9.59 Å². The zero-order chi connectivity index (χ0) is 15.7. The van der Waals surface area contributed by atoms with Crippen LogP contribution in [0.5, 0.6) is 5.75 Å². The highest BCUT2D eigenvalue weighted by atomic mass is 16.5. The second kappa shape index (κ2) is 5.63. The van der Waals surface area contributed by atoms with Crippen molar-refractivity contribution in [3.05, 3.63) is 29.8 Å². The molecule has 0 bridgehead atoms. The topological polar surface area (TPSA) is 64.6 Å². The number of methoxy groups -OCH3 is 2. The molecule has 3 rings (SSSR count). The van der Waals surface area contributed by atoms with Gasteiger partial charge < -0.3 is 14.8 Å². The summed E-state index contributed by atoms with van der Waals surface area (Å²) in [5.74, 6) is -0.856. The number of carbonyl (C=O) groups is 2. The van der Waals surface area contributed by atoms with Crippen molar-refractivity contribution in [3.8, 4) is 5.75 Å². The summed E-state index contributed by atoms with van der Waals surface area (Å²) in [6.07, 6.45) is 3.95. The normalized spacial score (nSPS) is 26.0. The van der Waals surface area contributed by atoms with E-state index in [1.165, 1.54) is 7.11 Å². The van der Waals surface area contributed by atoms with Crippen LogP contribution in [-0.4, -0.2) is 31.6 Å². The highest BCUT2D eigenvalue weighted by molar-refractivity contribution is 6.01. The fourth-order valence-electron chi connectivity index (χ4n) is 4.01. The van der Waals surface area contributed by atoms with Crippen LogP contribution in [0.2, 0.25) is 0 Å². The molecule has 1 amide bonds. The van der Waals surface area contributed by atoms with E-state index in [2.05, 4.69) is 5.32 Å². The molecule has 0 aromatic heterocycles. The van der Waals surface area contributed by atoms with Gasteiger partial charge in [0.15, 0.2) is 0 Å². The van der Waals surface area contributed by atoms with E-state index in [1.807, 2.05) is 24.3 Å². The summed E-state index contributed by atoms with van der Waals surface area (Å²) >= 11 is 0. The Morgan fingerprint density at radius 1 is 1.18 bits per heavy atom. The van der Waals surface area contributed by atoms with Crippen LogP contribution < -0.4 is 10.1 Å². The van der Waals surface area contributed by atoms with Gasteiger partial charge in [0, 0.05) is 11.5 Å². The van der Waals surface area contributed by atoms with E-state index < -0.39 is 11.9 Å². The molecule has 1 saturated heterocycles. The first-order chi connectivity index (χ1) is 10.6. The molecule has 5 heteroatoms. The van der Waals surface area contributed by atoms with Gasteiger partial charge in [-0.25, -0.2) is 0 Å². The summed E-state index contributed by atoms with van der Waals surface area (Å²) in [5, 5.41) is 3.10. The van der Waals surface area contributed by atoms with Gasteiger partial charge in [-0.05, 0) is 30.5 Å². The largest absolute Gasteiger partial charge is 0.497 e. The molecular formula is C17H21NO4. The molecule has 1 aromatic rings. The van der Waals surface area contributed by atoms with Crippen LogP contribution in [0.4, 0.5) is 0 Å². The van der Waals surface area contributed by atoms with Crippen LogP contribution in [0, 0.1) is 5.92 Å². The molecule has 5 nitrogen and oxygen atoms in total. The van der Waals surface area contributed by atoms with Crippen molar-refractivity contribution in [1.82, 2.24) is 5.32 Å². The Morgan fingerprint density at radius 3 is 2.36 bits per heavy atom. The molecule has 1 heterocycles. The average molecular weight is 303 g/mol. The van der Waals surface area contributed by atoms with Crippen molar-refractivity contribution >= 4 is 11.9 Å². The van der Waals surface area contributed by atoms with E-state index in [0.717, 1.165) is 37.0 Å². The Hall–Kier alpha value is -2.04. The molecule has 1 spiro atoms. The van der Waals surface area contributed by atoms with E-state index in [-0.39, 0.29) is 17.4 Å². The molecule has 2 atom stereocenters. The summed E-state index contributed by atoms with van der Waals surface area (Å²) in [7, 11) is 2.95. The maximum absolute atomic E-state index is 12.4. The second-order valence-electron chi connectivity index (χ2n) is 6.10. The zero-order valence-electron chi connectivity index (χ0n) is 12.9. The van der Waals surface area contributed by atoms with E-state index in [4.69, 9.17) is 9.47 Å². The number of carbonyl (C=O) groups excluding carboxylic acids is 2. The van der Waals surface area contributed by atoms with Crippen LogP contribution in [-0.2, 0) is 14.3 Å². The minimum atomic E-state index is -0.767. The van der Waals surface area contributed by atoms with Crippen molar-refractivity contribution in [2.45, 2.75) is 37.1 Å². The molecule has 118 valence electrons. The standard InChI is InChI=1S/C17H21NO4/c1-21-12-7-5-11(6-8-12)14-13(16(20)22-2)15(19)18-17(14)9-3-4-10-17/h5-8,13-14H,3-4,9-10H2,1-2H3,(H,18,19). The third kappa shape index (κ3) is 2.25. The zero-order valence-corrected chi connectivity index (χ0v) is 12.9. The van der Waals surface area contributed by atoms with Crippen molar-refractivity contribution in [1.29, 1.82) is 0 Å². The van der Waals surface area contributed by atoms with Gasteiger partial charge in [0.2, 0.25) is 5.91 Å². The Bertz CT molecular complexity index is 575. The predicted molar refractivity (Wildman–Crippen MR) is 80.6 cm³/mol. The molecular weight excluding hydrogens is 282 g/mol. The molecule has 0 radical (unpaired) electrons. The second-order valence-corrected chi connectivity index (χ2v) is 6.10. The van der Waals surface area contributed by atoms with Crippen LogP contribution >= 0.6 is 0 Å². The SMILES string of the molecule is COC(=O)C1C(=O)NC2(CCCC2)C1c1ccc(OC)cc1. The highest BCUT2D eigenvalue weighted by Gasteiger charge is 2.57. The monoisotopic (exact) mass is 303 g/mol. The van der Waals surface area contributed by atoms with Gasteiger partial charge in [0.25, 0.3) is 0 Å². The summed E-state index contributed by atoms with van der Waals surface area (Å²) in [6.45, 7) is 0. The van der Waals surface area contributed by atoms with Gasteiger partial charge in [0.05, 0.1) is 14.2 Å². The van der Waals surface area contributed by atoms with E-state index in [0.29, 0.717) is 0 Å². The fourth-order valence-corrected chi connectivity index (χ4v) is 4.01. The third-order valence-electron chi connectivity index (χ3n) is 5.01. The average Bonchev–Trinajstić information content (AvgIpc) is 3.11. The number of hydrogen-bond donors (Lipinski definition) is 1. The maximum atomic E-state index is 12.4.